The molecule has 118 valence electrons. The second-order valence-corrected chi connectivity index (χ2v) is 8.23. The van der Waals surface area contributed by atoms with Crippen LogP contribution in [-0.2, 0) is 11.3 Å². The first-order chi connectivity index (χ1) is 10.7. The van der Waals surface area contributed by atoms with Gasteiger partial charge in [0.2, 0.25) is 0 Å². The van der Waals surface area contributed by atoms with Crippen LogP contribution in [0.15, 0.2) is 30.3 Å². The van der Waals surface area contributed by atoms with E-state index in [-0.39, 0.29) is 6.04 Å². The van der Waals surface area contributed by atoms with E-state index in [0.29, 0.717) is 5.41 Å². The summed E-state index contributed by atoms with van der Waals surface area (Å²) < 4.78 is 0. The molecule has 4 saturated carbocycles. The molecule has 0 saturated heterocycles. The number of rotatable bonds is 6. The average molecular weight is 297 g/mol. The van der Waals surface area contributed by atoms with Gasteiger partial charge in [-0.05, 0) is 73.7 Å². The largest absolute Gasteiger partial charge is 0.304 e. The van der Waals surface area contributed by atoms with Crippen LogP contribution in [0.3, 0.4) is 0 Å². The van der Waals surface area contributed by atoms with Gasteiger partial charge in [0.1, 0.15) is 6.29 Å². The summed E-state index contributed by atoms with van der Waals surface area (Å²) in [6.07, 6.45) is 10.8. The molecule has 2 nitrogen and oxygen atoms in total. The molecule has 4 aliphatic rings. The summed E-state index contributed by atoms with van der Waals surface area (Å²) in [6, 6.07) is 10.4. The Hall–Kier alpha value is -1.15. The second kappa shape index (κ2) is 5.81. The molecule has 0 aliphatic heterocycles. The lowest BCUT2D eigenvalue weighted by Gasteiger charge is -2.57. The maximum absolute atomic E-state index is 11.6. The van der Waals surface area contributed by atoms with Crippen molar-refractivity contribution in [2.24, 2.45) is 23.2 Å². The van der Waals surface area contributed by atoms with E-state index in [1.807, 2.05) is 6.07 Å². The highest BCUT2D eigenvalue weighted by Crippen LogP contribution is 2.61. The summed E-state index contributed by atoms with van der Waals surface area (Å²) in [5.41, 5.74) is 1.74. The van der Waals surface area contributed by atoms with E-state index in [9.17, 15) is 4.79 Å². The third-order valence-electron chi connectivity index (χ3n) is 6.39. The summed E-state index contributed by atoms with van der Waals surface area (Å²) in [7, 11) is 0. The van der Waals surface area contributed by atoms with Gasteiger partial charge in [0.05, 0.1) is 6.04 Å². The third kappa shape index (κ3) is 2.86. The molecule has 0 spiro atoms. The maximum atomic E-state index is 11.6. The highest BCUT2D eigenvalue weighted by Gasteiger charge is 2.51. The first-order valence-electron chi connectivity index (χ1n) is 8.97. The number of aldehydes is 1. The van der Waals surface area contributed by atoms with Crippen molar-refractivity contribution in [3.05, 3.63) is 35.9 Å². The summed E-state index contributed by atoms with van der Waals surface area (Å²) >= 11 is 0. The summed E-state index contributed by atoms with van der Waals surface area (Å²) in [6.45, 7) is 0.802. The first kappa shape index (κ1) is 14.4. The van der Waals surface area contributed by atoms with Crippen molar-refractivity contribution in [2.45, 2.75) is 57.5 Å². The average Bonchev–Trinajstić information content (AvgIpc) is 2.51. The van der Waals surface area contributed by atoms with Crippen LogP contribution in [-0.4, -0.2) is 12.3 Å². The van der Waals surface area contributed by atoms with Crippen LogP contribution in [0.2, 0.25) is 0 Å². The molecule has 0 unspecified atom stereocenters. The SMILES string of the molecule is O=C[C@H](CC12CC3CC(CC(C3)C1)C2)NCc1ccccc1. The van der Waals surface area contributed by atoms with Gasteiger partial charge in [0, 0.05) is 6.54 Å². The first-order valence-corrected chi connectivity index (χ1v) is 8.97. The van der Waals surface area contributed by atoms with Crippen molar-refractivity contribution in [2.75, 3.05) is 0 Å². The van der Waals surface area contributed by atoms with Crippen LogP contribution < -0.4 is 5.32 Å². The lowest BCUT2D eigenvalue weighted by atomic mass is 9.48. The number of nitrogens with one attached hydrogen (secondary N) is 1. The van der Waals surface area contributed by atoms with Crippen molar-refractivity contribution < 1.29 is 4.79 Å². The Kier molecular flexibility index (Phi) is 3.81. The molecule has 4 fully saturated rings. The molecule has 0 aromatic heterocycles. The Morgan fingerprint density at radius 2 is 1.64 bits per heavy atom. The van der Waals surface area contributed by atoms with E-state index in [2.05, 4.69) is 29.6 Å². The molecule has 4 aliphatic carbocycles. The Balaban J connectivity index is 1.39. The minimum atomic E-state index is 0.0245. The topological polar surface area (TPSA) is 29.1 Å². The fourth-order valence-electron chi connectivity index (χ4n) is 6.02. The van der Waals surface area contributed by atoms with E-state index < -0.39 is 0 Å². The quantitative estimate of drug-likeness (QED) is 0.806. The fraction of sp³-hybridized carbons (Fsp3) is 0.650. The predicted octanol–water partition coefficient (Wildman–Crippen LogP) is 3.95. The Morgan fingerprint density at radius 1 is 1.05 bits per heavy atom. The van der Waals surface area contributed by atoms with Gasteiger partial charge < -0.3 is 10.1 Å². The molecule has 5 rings (SSSR count). The van der Waals surface area contributed by atoms with Crippen molar-refractivity contribution in [1.29, 1.82) is 0 Å². The van der Waals surface area contributed by atoms with Crippen molar-refractivity contribution in [3.63, 3.8) is 0 Å². The van der Waals surface area contributed by atoms with Gasteiger partial charge in [-0.15, -0.1) is 0 Å². The van der Waals surface area contributed by atoms with Crippen LogP contribution in [0.25, 0.3) is 0 Å². The molecule has 2 heteroatoms. The highest BCUT2D eigenvalue weighted by atomic mass is 16.1. The van der Waals surface area contributed by atoms with Gasteiger partial charge in [-0.2, -0.15) is 0 Å². The standard InChI is InChI=1S/C20H27NO/c22-14-19(21-13-15-4-2-1-3-5-15)12-20-9-16-6-17(10-20)8-18(7-16)11-20/h1-5,14,16-19,21H,6-13H2/t16?,17?,18?,19-,20?/m0/s1. The lowest BCUT2D eigenvalue weighted by molar-refractivity contribution is -0.113. The van der Waals surface area contributed by atoms with Crippen LogP contribution in [0.5, 0.6) is 0 Å². The molecule has 1 N–H and O–H groups in total. The molecule has 1 aromatic rings. The Morgan fingerprint density at radius 3 is 2.18 bits per heavy atom. The minimum Gasteiger partial charge on any atom is -0.304 e. The Labute approximate surface area is 133 Å². The molecule has 1 atom stereocenters. The molecular formula is C20H27NO. The number of hydrogen-bond donors (Lipinski definition) is 1. The molecule has 4 bridgehead atoms. The van der Waals surface area contributed by atoms with Gasteiger partial charge in [0.15, 0.2) is 0 Å². The molecule has 1 aromatic carbocycles. The highest BCUT2D eigenvalue weighted by molar-refractivity contribution is 5.57. The number of carbonyl (C=O) groups excluding carboxylic acids is 1. The predicted molar refractivity (Wildman–Crippen MR) is 88.4 cm³/mol. The molecule has 0 heterocycles. The van der Waals surface area contributed by atoms with Gasteiger partial charge >= 0.3 is 0 Å². The van der Waals surface area contributed by atoms with E-state index >= 15 is 0 Å². The third-order valence-corrected chi connectivity index (χ3v) is 6.39. The minimum absolute atomic E-state index is 0.0245. The second-order valence-electron chi connectivity index (χ2n) is 8.23. The zero-order chi connectivity index (χ0) is 15.0. The normalized spacial score (nSPS) is 37.2. The Bertz CT molecular complexity index is 488. The van der Waals surface area contributed by atoms with E-state index in [1.54, 1.807) is 0 Å². The maximum Gasteiger partial charge on any atom is 0.136 e. The monoisotopic (exact) mass is 297 g/mol. The number of hydrogen-bond acceptors (Lipinski definition) is 2. The summed E-state index contributed by atoms with van der Waals surface area (Å²) in [5, 5.41) is 3.49. The van der Waals surface area contributed by atoms with Gasteiger partial charge in [-0.25, -0.2) is 0 Å². The molecule has 0 amide bonds. The van der Waals surface area contributed by atoms with Crippen LogP contribution in [0, 0.1) is 23.2 Å². The van der Waals surface area contributed by atoms with Crippen molar-refractivity contribution in [3.8, 4) is 0 Å². The van der Waals surface area contributed by atoms with Gasteiger partial charge in [-0.3, -0.25) is 0 Å². The van der Waals surface area contributed by atoms with Crippen LogP contribution in [0.1, 0.15) is 50.5 Å². The van der Waals surface area contributed by atoms with Crippen molar-refractivity contribution >= 4 is 6.29 Å². The van der Waals surface area contributed by atoms with Crippen LogP contribution in [0.4, 0.5) is 0 Å². The smallest absolute Gasteiger partial charge is 0.136 e. The fourth-order valence-corrected chi connectivity index (χ4v) is 6.02. The lowest BCUT2D eigenvalue weighted by Crippen LogP contribution is -2.49. The molecule has 22 heavy (non-hydrogen) atoms. The van der Waals surface area contributed by atoms with Crippen LogP contribution >= 0.6 is 0 Å². The van der Waals surface area contributed by atoms with E-state index in [4.69, 9.17) is 0 Å². The zero-order valence-electron chi connectivity index (χ0n) is 13.3. The number of carbonyl (C=O) groups is 1. The van der Waals surface area contributed by atoms with Gasteiger partial charge in [-0.1, -0.05) is 30.3 Å². The summed E-state index contributed by atoms with van der Waals surface area (Å²) in [5.74, 6) is 2.90. The molecule has 0 radical (unpaired) electrons. The van der Waals surface area contributed by atoms with Gasteiger partial charge in [0.25, 0.3) is 0 Å². The molecular weight excluding hydrogens is 270 g/mol. The summed E-state index contributed by atoms with van der Waals surface area (Å²) in [4.78, 5) is 11.6. The number of benzene rings is 1. The zero-order valence-corrected chi connectivity index (χ0v) is 13.3. The van der Waals surface area contributed by atoms with E-state index in [0.717, 1.165) is 37.0 Å². The van der Waals surface area contributed by atoms with Crippen molar-refractivity contribution in [1.82, 2.24) is 5.32 Å². The van der Waals surface area contributed by atoms with E-state index in [1.165, 1.54) is 44.1 Å².